The number of nitrogens with one attached hydrogen (secondary N) is 1. The summed E-state index contributed by atoms with van der Waals surface area (Å²) in [6, 6.07) is 12.1. The fraction of sp³-hybridized carbons (Fsp3) is 0.684. The van der Waals surface area contributed by atoms with E-state index >= 15 is 0 Å². The van der Waals surface area contributed by atoms with Crippen molar-refractivity contribution in [2.75, 3.05) is 19.6 Å². The van der Waals surface area contributed by atoms with Gasteiger partial charge in [-0.1, -0.05) is 57.5 Å². The van der Waals surface area contributed by atoms with Crippen molar-refractivity contribution >= 4 is 0 Å². The third-order valence-electron chi connectivity index (χ3n) is 5.58. The number of rotatable bonds is 4. The van der Waals surface area contributed by atoms with Crippen molar-refractivity contribution in [3.63, 3.8) is 0 Å². The summed E-state index contributed by atoms with van der Waals surface area (Å²) in [7, 11) is 0. The molecule has 1 aliphatic carbocycles. The zero-order chi connectivity index (χ0) is 14.9. The molecule has 1 saturated carbocycles. The molecule has 1 heterocycles. The van der Waals surface area contributed by atoms with Gasteiger partial charge < -0.3 is 5.32 Å². The van der Waals surface area contributed by atoms with Crippen LogP contribution < -0.4 is 5.32 Å². The van der Waals surface area contributed by atoms with Gasteiger partial charge in [-0.3, -0.25) is 4.90 Å². The molecule has 3 rings (SSSR count). The van der Waals surface area contributed by atoms with Crippen molar-refractivity contribution in [1.29, 1.82) is 0 Å². The zero-order valence-electron chi connectivity index (χ0n) is 13.8. The molecular weight excluding hydrogens is 256 g/mol. The molecule has 2 heteroatoms. The lowest BCUT2D eigenvalue weighted by molar-refractivity contribution is 0.0208. The van der Waals surface area contributed by atoms with Crippen molar-refractivity contribution in [2.45, 2.75) is 52.1 Å². The van der Waals surface area contributed by atoms with Crippen LogP contribution in [0.4, 0.5) is 0 Å². The van der Waals surface area contributed by atoms with Gasteiger partial charge in [0.1, 0.15) is 0 Å². The van der Waals surface area contributed by atoms with E-state index in [-0.39, 0.29) is 0 Å². The van der Waals surface area contributed by atoms with Gasteiger partial charge in [-0.15, -0.1) is 0 Å². The van der Waals surface area contributed by atoms with Crippen molar-refractivity contribution in [3.05, 3.63) is 35.9 Å². The molecule has 0 radical (unpaired) electrons. The Hall–Kier alpha value is -0.860. The first kappa shape index (κ1) is 15.1. The molecule has 116 valence electrons. The molecular formula is C19H30N2. The van der Waals surface area contributed by atoms with Gasteiger partial charge >= 0.3 is 0 Å². The van der Waals surface area contributed by atoms with Crippen LogP contribution in [0.25, 0.3) is 0 Å². The largest absolute Gasteiger partial charge is 0.307 e. The monoisotopic (exact) mass is 286 g/mol. The number of hydrogen-bond donors (Lipinski definition) is 1. The van der Waals surface area contributed by atoms with Crippen LogP contribution in [0.3, 0.4) is 0 Å². The molecule has 2 unspecified atom stereocenters. The molecule has 0 bridgehead atoms. The van der Waals surface area contributed by atoms with Gasteiger partial charge in [0, 0.05) is 31.7 Å². The van der Waals surface area contributed by atoms with Crippen LogP contribution in [-0.2, 0) is 0 Å². The van der Waals surface area contributed by atoms with Crippen molar-refractivity contribution < 1.29 is 0 Å². The van der Waals surface area contributed by atoms with Crippen LogP contribution in [0.1, 0.15) is 51.6 Å². The van der Waals surface area contributed by atoms with E-state index in [1.165, 1.54) is 31.4 Å². The smallest absolute Gasteiger partial charge is 0.0449 e. The second-order valence-electron chi connectivity index (χ2n) is 7.78. The first-order valence-corrected chi connectivity index (χ1v) is 8.60. The maximum atomic E-state index is 3.78. The number of benzene rings is 1. The van der Waals surface area contributed by atoms with Gasteiger partial charge in [0.25, 0.3) is 0 Å². The summed E-state index contributed by atoms with van der Waals surface area (Å²) in [5.74, 6) is 0.720. The SMILES string of the molecule is CC(C)C1CNC(c2ccccc2)CN1CC1(C)CCC1. The summed E-state index contributed by atoms with van der Waals surface area (Å²) >= 11 is 0. The van der Waals surface area contributed by atoms with Crippen LogP contribution in [0.5, 0.6) is 0 Å². The van der Waals surface area contributed by atoms with Crippen LogP contribution in [0.15, 0.2) is 30.3 Å². The summed E-state index contributed by atoms with van der Waals surface area (Å²) in [6.07, 6.45) is 4.26. The Balaban J connectivity index is 1.72. The highest BCUT2D eigenvalue weighted by Crippen LogP contribution is 2.42. The summed E-state index contributed by atoms with van der Waals surface area (Å²) in [5.41, 5.74) is 2.01. The lowest BCUT2D eigenvalue weighted by atomic mass is 9.69. The van der Waals surface area contributed by atoms with Crippen molar-refractivity contribution in [3.8, 4) is 0 Å². The van der Waals surface area contributed by atoms with E-state index in [0.717, 1.165) is 19.0 Å². The molecule has 1 aliphatic heterocycles. The average molecular weight is 286 g/mol. The molecule has 2 fully saturated rings. The topological polar surface area (TPSA) is 15.3 Å². The maximum Gasteiger partial charge on any atom is 0.0449 e. The predicted octanol–water partition coefficient (Wildman–Crippen LogP) is 3.85. The van der Waals surface area contributed by atoms with E-state index in [0.29, 0.717) is 17.5 Å². The molecule has 21 heavy (non-hydrogen) atoms. The van der Waals surface area contributed by atoms with Crippen molar-refractivity contribution in [2.24, 2.45) is 11.3 Å². The van der Waals surface area contributed by atoms with E-state index in [1.54, 1.807) is 0 Å². The minimum absolute atomic E-state index is 0.491. The van der Waals surface area contributed by atoms with E-state index < -0.39 is 0 Å². The predicted molar refractivity (Wildman–Crippen MR) is 89.3 cm³/mol. The molecule has 0 amide bonds. The molecule has 2 nitrogen and oxygen atoms in total. The Labute approximate surface area is 129 Å². The third kappa shape index (κ3) is 3.32. The second kappa shape index (κ2) is 6.10. The van der Waals surface area contributed by atoms with Crippen LogP contribution in [0, 0.1) is 11.3 Å². The second-order valence-corrected chi connectivity index (χ2v) is 7.78. The minimum atomic E-state index is 0.491. The Kier molecular flexibility index (Phi) is 4.37. The fourth-order valence-electron chi connectivity index (χ4n) is 4.00. The Morgan fingerprint density at radius 1 is 1.24 bits per heavy atom. The van der Waals surface area contributed by atoms with E-state index in [1.807, 2.05) is 0 Å². The van der Waals surface area contributed by atoms with Crippen molar-refractivity contribution in [1.82, 2.24) is 10.2 Å². The standard InChI is InChI=1S/C19H30N2/c1-15(2)18-12-20-17(16-8-5-4-6-9-16)13-21(18)14-19(3)10-7-11-19/h4-6,8-9,15,17-18,20H,7,10-14H2,1-3H3. The van der Waals surface area contributed by atoms with Gasteiger partial charge in [-0.05, 0) is 29.7 Å². The van der Waals surface area contributed by atoms with Gasteiger partial charge in [0.05, 0.1) is 0 Å². The number of hydrogen-bond acceptors (Lipinski definition) is 2. The zero-order valence-corrected chi connectivity index (χ0v) is 13.8. The lowest BCUT2D eigenvalue weighted by Crippen LogP contribution is -2.57. The van der Waals surface area contributed by atoms with Gasteiger partial charge in [0.15, 0.2) is 0 Å². The quantitative estimate of drug-likeness (QED) is 0.904. The highest BCUT2D eigenvalue weighted by molar-refractivity contribution is 5.20. The molecule has 0 spiro atoms. The first-order chi connectivity index (χ1) is 10.1. The fourth-order valence-corrected chi connectivity index (χ4v) is 4.00. The minimum Gasteiger partial charge on any atom is -0.307 e. The van der Waals surface area contributed by atoms with E-state index in [9.17, 15) is 0 Å². The van der Waals surface area contributed by atoms with Gasteiger partial charge in [0.2, 0.25) is 0 Å². The Bertz CT molecular complexity index is 450. The Morgan fingerprint density at radius 2 is 1.95 bits per heavy atom. The number of nitrogens with zero attached hydrogens (tertiary/aromatic N) is 1. The van der Waals surface area contributed by atoms with Gasteiger partial charge in [-0.2, -0.15) is 0 Å². The summed E-state index contributed by atoms with van der Waals surface area (Å²) < 4.78 is 0. The highest BCUT2D eigenvalue weighted by Gasteiger charge is 2.38. The summed E-state index contributed by atoms with van der Waals surface area (Å²) in [5, 5.41) is 3.78. The molecule has 2 aliphatic rings. The van der Waals surface area contributed by atoms with E-state index in [2.05, 4.69) is 61.3 Å². The molecule has 1 aromatic rings. The summed E-state index contributed by atoms with van der Waals surface area (Å²) in [4.78, 5) is 2.78. The first-order valence-electron chi connectivity index (χ1n) is 8.60. The maximum absolute atomic E-state index is 3.78. The van der Waals surface area contributed by atoms with Crippen LogP contribution in [0.2, 0.25) is 0 Å². The molecule has 1 N–H and O–H groups in total. The lowest BCUT2D eigenvalue weighted by Gasteiger charge is -2.49. The average Bonchev–Trinajstić information content (AvgIpc) is 2.46. The number of piperazine rings is 1. The molecule has 1 saturated heterocycles. The molecule has 0 aromatic heterocycles. The normalized spacial score (nSPS) is 29.3. The highest BCUT2D eigenvalue weighted by atomic mass is 15.2. The Morgan fingerprint density at radius 3 is 2.52 bits per heavy atom. The van der Waals surface area contributed by atoms with E-state index in [4.69, 9.17) is 0 Å². The van der Waals surface area contributed by atoms with Gasteiger partial charge in [-0.25, -0.2) is 0 Å². The third-order valence-corrected chi connectivity index (χ3v) is 5.58. The summed E-state index contributed by atoms with van der Waals surface area (Å²) in [6.45, 7) is 10.8. The van der Waals surface area contributed by atoms with Crippen LogP contribution in [-0.4, -0.2) is 30.6 Å². The van der Waals surface area contributed by atoms with Crippen LogP contribution >= 0.6 is 0 Å². The molecule has 2 atom stereocenters. The molecule has 1 aromatic carbocycles.